The van der Waals surface area contributed by atoms with Crippen molar-refractivity contribution in [2.45, 2.75) is 36.7 Å². The van der Waals surface area contributed by atoms with Crippen LogP contribution in [-0.2, 0) is 14.6 Å². The molecule has 0 aromatic carbocycles. The van der Waals surface area contributed by atoms with E-state index >= 15 is 0 Å². The first-order valence-electron chi connectivity index (χ1n) is 5.81. The van der Waals surface area contributed by atoms with Gasteiger partial charge in [0.1, 0.15) is 15.9 Å². The molecule has 1 saturated carbocycles. The third kappa shape index (κ3) is 3.35. The number of rotatable bonds is 5. The monoisotopic (exact) mass is 304 g/mol. The Bertz CT molecular complexity index is 592. The highest BCUT2D eigenvalue weighted by Gasteiger charge is 2.27. The molecule has 1 amide bonds. The fourth-order valence-electron chi connectivity index (χ4n) is 1.56. The fraction of sp³-hybridized carbons (Fsp3) is 0.600. The van der Waals surface area contributed by atoms with Gasteiger partial charge >= 0.3 is 0 Å². The third-order valence-corrected chi connectivity index (χ3v) is 4.79. The predicted octanol–water partition coefficient (Wildman–Crippen LogP) is 0.208. The summed E-state index contributed by atoms with van der Waals surface area (Å²) in [5.41, 5.74) is 5.55. The molecule has 9 heteroatoms. The molecular formula is C10H16N4O3S2. The van der Waals surface area contributed by atoms with Gasteiger partial charge in [-0.15, -0.1) is 0 Å². The van der Waals surface area contributed by atoms with Gasteiger partial charge in [-0.25, -0.2) is 8.42 Å². The summed E-state index contributed by atoms with van der Waals surface area (Å²) in [6.45, 7) is 1.67. The minimum absolute atomic E-state index is 0.0372. The maximum atomic E-state index is 11.8. The summed E-state index contributed by atoms with van der Waals surface area (Å²) in [4.78, 5) is 11.8. The average Bonchev–Trinajstić information content (AvgIpc) is 3.00. The van der Waals surface area contributed by atoms with Crippen LogP contribution in [0.15, 0.2) is 4.90 Å². The number of carbonyl (C=O) groups excluding carboxylic acids is 1. The van der Waals surface area contributed by atoms with Crippen LogP contribution in [0.3, 0.4) is 0 Å². The topological polar surface area (TPSA) is 114 Å². The molecule has 1 aliphatic rings. The van der Waals surface area contributed by atoms with Crippen LogP contribution in [0.2, 0.25) is 0 Å². The lowest BCUT2D eigenvalue weighted by Gasteiger charge is -2.14. The number of nitrogens with one attached hydrogen (secondary N) is 2. The molecule has 0 radical (unpaired) electrons. The Morgan fingerprint density at radius 3 is 2.68 bits per heavy atom. The standard InChI is InChI=1S/C10H16N4O3S2/c1-5(9(15)13-6-3-4-6)12-10-7(19(2,16)17)8(11)14-18-10/h5-6,12H,3-4H2,1-2H3,(H2,11,14)(H,13,15). The van der Waals surface area contributed by atoms with E-state index in [1.807, 2.05) is 0 Å². The van der Waals surface area contributed by atoms with E-state index in [0.717, 1.165) is 30.6 Å². The molecule has 1 aromatic heterocycles. The van der Waals surface area contributed by atoms with Crippen molar-refractivity contribution >= 4 is 38.1 Å². The molecule has 4 N–H and O–H groups in total. The van der Waals surface area contributed by atoms with Crippen LogP contribution < -0.4 is 16.4 Å². The molecule has 1 fully saturated rings. The number of anilines is 2. The van der Waals surface area contributed by atoms with Gasteiger partial charge < -0.3 is 16.4 Å². The van der Waals surface area contributed by atoms with Crippen LogP contribution in [0, 0.1) is 0 Å². The molecule has 1 heterocycles. The second-order valence-corrected chi connectivity index (χ2v) is 7.37. The van der Waals surface area contributed by atoms with Crippen LogP contribution in [-0.4, -0.2) is 37.0 Å². The summed E-state index contributed by atoms with van der Waals surface area (Å²) >= 11 is 0.938. The molecule has 19 heavy (non-hydrogen) atoms. The van der Waals surface area contributed by atoms with Gasteiger partial charge in [0, 0.05) is 12.3 Å². The zero-order valence-electron chi connectivity index (χ0n) is 10.6. The summed E-state index contributed by atoms with van der Waals surface area (Å²) in [7, 11) is -3.47. The van der Waals surface area contributed by atoms with Crippen molar-refractivity contribution in [1.82, 2.24) is 9.69 Å². The van der Waals surface area contributed by atoms with Crippen molar-refractivity contribution in [1.29, 1.82) is 0 Å². The average molecular weight is 304 g/mol. The Morgan fingerprint density at radius 1 is 1.53 bits per heavy atom. The lowest BCUT2D eigenvalue weighted by Crippen LogP contribution is -2.38. The van der Waals surface area contributed by atoms with Gasteiger partial charge in [-0.05, 0) is 31.3 Å². The number of carbonyl (C=O) groups is 1. The zero-order valence-corrected chi connectivity index (χ0v) is 12.3. The maximum absolute atomic E-state index is 11.8. The molecule has 1 aromatic rings. The van der Waals surface area contributed by atoms with E-state index in [1.165, 1.54) is 0 Å². The van der Waals surface area contributed by atoms with E-state index in [2.05, 4.69) is 15.0 Å². The first kappa shape index (κ1) is 14.1. The van der Waals surface area contributed by atoms with Crippen LogP contribution in [0.5, 0.6) is 0 Å². The Balaban J connectivity index is 2.12. The van der Waals surface area contributed by atoms with E-state index in [-0.39, 0.29) is 22.7 Å². The van der Waals surface area contributed by atoms with Gasteiger partial charge in [-0.1, -0.05) is 0 Å². The van der Waals surface area contributed by atoms with E-state index in [4.69, 9.17) is 5.73 Å². The molecule has 1 aliphatic carbocycles. The highest BCUT2D eigenvalue weighted by molar-refractivity contribution is 7.91. The summed E-state index contributed by atoms with van der Waals surface area (Å²) in [5.74, 6) is -0.196. The third-order valence-electron chi connectivity index (χ3n) is 2.71. The SMILES string of the molecule is CC(Nc1snc(N)c1S(C)(=O)=O)C(=O)NC1CC1. The number of hydrogen-bond acceptors (Lipinski definition) is 7. The molecule has 106 valence electrons. The zero-order chi connectivity index (χ0) is 14.2. The molecule has 0 spiro atoms. The largest absolute Gasteiger partial charge is 0.382 e. The number of sulfone groups is 1. The Morgan fingerprint density at radius 2 is 2.16 bits per heavy atom. The van der Waals surface area contributed by atoms with Crippen LogP contribution >= 0.6 is 11.5 Å². The molecule has 2 rings (SSSR count). The van der Waals surface area contributed by atoms with Gasteiger partial charge in [0.15, 0.2) is 15.7 Å². The minimum atomic E-state index is -3.47. The van der Waals surface area contributed by atoms with Gasteiger partial charge in [0.25, 0.3) is 0 Å². The fourth-order valence-corrected chi connectivity index (χ4v) is 3.70. The summed E-state index contributed by atoms with van der Waals surface area (Å²) in [6.07, 6.45) is 3.06. The van der Waals surface area contributed by atoms with Crippen molar-refractivity contribution in [2.75, 3.05) is 17.3 Å². The first-order valence-corrected chi connectivity index (χ1v) is 8.47. The molecule has 1 unspecified atom stereocenters. The Labute approximate surface area is 115 Å². The highest BCUT2D eigenvalue weighted by atomic mass is 32.2. The lowest BCUT2D eigenvalue weighted by molar-refractivity contribution is -0.121. The summed E-state index contributed by atoms with van der Waals surface area (Å²) in [6, 6.07) is -0.279. The van der Waals surface area contributed by atoms with E-state index in [1.54, 1.807) is 6.92 Å². The summed E-state index contributed by atoms with van der Waals surface area (Å²) in [5, 5.41) is 6.00. The molecule has 7 nitrogen and oxygen atoms in total. The Hall–Kier alpha value is -1.35. The van der Waals surface area contributed by atoms with E-state index in [0.29, 0.717) is 5.00 Å². The summed E-state index contributed by atoms with van der Waals surface area (Å²) < 4.78 is 27.1. The smallest absolute Gasteiger partial charge is 0.242 e. The second-order valence-electron chi connectivity index (χ2n) is 4.65. The molecule has 0 saturated heterocycles. The maximum Gasteiger partial charge on any atom is 0.242 e. The van der Waals surface area contributed by atoms with Crippen LogP contribution in [0.1, 0.15) is 19.8 Å². The van der Waals surface area contributed by atoms with Crippen molar-refractivity contribution in [3.63, 3.8) is 0 Å². The van der Waals surface area contributed by atoms with E-state index < -0.39 is 15.9 Å². The Kier molecular flexibility index (Phi) is 3.68. The lowest BCUT2D eigenvalue weighted by atomic mass is 10.3. The number of hydrogen-bond donors (Lipinski definition) is 3. The molecular weight excluding hydrogens is 288 g/mol. The van der Waals surface area contributed by atoms with Crippen molar-refractivity contribution in [2.24, 2.45) is 0 Å². The normalized spacial score (nSPS) is 16.9. The van der Waals surface area contributed by atoms with Crippen molar-refractivity contribution < 1.29 is 13.2 Å². The molecule has 1 atom stereocenters. The first-order chi connectivity index (χ1) is 8.79. The number of nitrogens with two attached hydrogens (primary N) is 1. The molecule has 0 aliphatic heterocycles. The number of amides is 1. The van der Waals surface area contributed by atoms with Gasteiger partial charge in [-0.3, -0.25) is 4.79 Å². The second kappa shape index (κ2) is 4.97. The molecule has 0 bridgehead atoms. The quantitative estimate of drug-likeness (QED) is 0.716. The van der Waals surface area contributed by atoms with Crippen molar-refractivity contribution in [3.8, 4) is 0 Å². The van der Waals surface area contributed by atoms with Crippen LogP contribution in [0.4, 0.5) is 10.8 Å². The highest BCUT2D eigenvalue weighted by Crippen LogP contribution is 2.31. The van der Waals surface area contributed by atoms with Gasteiger partial charge in [0.05, 0.1) is 0 Å². The minimum Gasteiger partial charge on any atom is -0.382 e. The number of nitrogens with zero attached hydrogens (tertiary/aromatic N) is 1. The van der Waals surface area contributed by atoms with E-state index in [9.17, 15) is 13.2 Å². The predicted molar refractivity (Wildman–Crippen MR) is 73.9 cm³/mol. The van der Waals surface area contributed by atoms with Gasteiger partial charge in [-0.2, -0.15) is 4.37 Å². The number of nitrogen functional groups attached to an aromatic ring is 1. The van der Waals surface area contributed by atoms with Gasteiger partial charge in [0.2, 0.25) is 5.91 Å². The van der Waals surface area contributed by atoms with Crippen LogP contribution in [0.25, 0.3) is 0 Å². The van der Waals surface area contributed by atoms with Crippen molar-refractivity contribution in [3.05, 3.63) is 0 Å². The number of aromatic nitrogens is 1.